The van der Waals surface area contributed by atoms with Gasteiger partial charge in [-0.15, -0.1) is 0 Å². The minimum Gasteiger partial charge on any atom is -0.463 e. The summed E-state index contributed by atoms with van der Waals surface area (Å²) in [4.78, 5) is 39.1. The van der Waals surface area contributed by atoms with Gasteiger partial charge in [0.05, 0.1) is 40.3 Å². The largest absolute Gasteiger partial charge is 0.463 e. The number of aromatic nitrogens is 6. The van der Waals surface area contributed by atoms with E-state index in [9.17, 15) is 26.7 Å². The zero-order valence-electron chi connectivity index (χ0n) is 31.0. The van der Waals surface area contributed by atoms with Crippen LogP contribution in [0.3, 0.4) is 0 Å². The van der Waals surface area contributed by atoms with Crippen molar-refractivity contribution in [3.05, 3.63) is 77.0 Å². The first-order chi connectivity index (χ1) is 25.5. The van der Waals surface area contributed by atoms with Gasteiger partial charge in [-0.25, -0.2) is 23.4 Å². The number of benzene rings is 2. The molecule has 18 heteroatoms. The molecule has 1 amide bonds. The van der Waals surface area contributed by atoms with Crippen molar-refractivity contribution < 1.29 is 36.3 Å². The molecule has 294 valence electrons. The molecular weight excluding hydrogens is 749 g/mol. The first kappa shape index (κ1) is 39.8. The van der Waals surface area contributed by atoms with Gasteiger partial charge in [-0.2, -0.15) is 33.3 Å². The molecule has 1 saturated carbocycles. The summed E-state index contributed by atoms with van der Waals surface area (Å²) in [6.07, 6.45) is -6.25. The van der Waals surface area contributed by atoms with E-state index in [-0.39, 0.29) is 47.0 Å². The van der Waals surface area contributed by atoms with Crippen molar-refractivity contribution in [3.8, 4) is 16.9 Å². The molecule has 4 aromatic rings. The number of alkyl halides is 5. The van der Waals surface area contributed by atoms with Crippen LogP contribution in [0, 0.1) is 10.8 Å². The summed E-state index contributed by atoms with van der Waals surface area (Å²) in [6, 6.07) is 9.96. The highest BCUT2D eigenvalue weighted by atomic mass is 35.5. The number of aliphatic imine (C=N–C) groups is 1. The van der Waals surface area contributed by atoms with Crippen molar-refractivity contribution in [1.82, 2.24) is 34.7 Å². The second-order valence-electron chi connectivity index (χ2n) is 16.2. The van der Waals surface area contributed by atoms with Gasteiger partial charge in [0.25, 0.3) is 12.3 Å². The fourth-order valence-corrected chi connectivity index (χ4v) is 6.92. The number of esters is 1. The minimum absolute atomic E-state index is 0.00756. The summed E-state index contributed by atoms with van der Waals surface area (Å²) in [5, 5.41) is 12.9. The number of rotatable bonds is 11. The fourth-order valence-electron chi connectivity index (χ4n) is 6.72. The summed E-state index contributed by atoms with van der Waals surface area (Å²) >= 11 is 6.45. The molecule has 55 heavy (non-hydrogen) atoms. The Morgan fingerprint density at radius 2 is 1.69 bits per heavy atom. The SMILES string of the molecule is CC(C)(C)C[C@]1(c2ccc(-c3cnn(C(C)(C)C)n3)cc2)N=C(N)N([C@H](COC(=O)CC2(C(F)(F)F)CC2)c2ccc(Cl)c(-n3ncnc3C(F)F)c2)C1=O. The minimum atomic E-state index is -4.61. The molecular formula is C37H41ClF5N9O3. The number of guanidine groups is 1. The van der Waals surface area contributed by atoms with Gasteiger partial charge in [0, 0.05) is 5.56 Å². The highest BCUT2D eigenvalue weighted by Gasteiger charge is 2.64. The van der Waals surface area contributed by atoms with Crippen molar-refractivity contribution in [1.29, 1.82) is 0 Å². The van der Waals surface area contributed by atoms with Gasteiger partial charge in [-0.05, 0) is 68.7 Å². The Morgan fingerprint density at radius 3 is 2.25 bits per heavy atom. The Labute approximate surface area is 318 Å². The van der Waals surface area contributed by atoms with Crippen LogP contribution in [0.15, 0.2) is 60.0 Å². The highest BCUT2D eigenvalue weighted by molar-refractivity contribution is 6.32. The zero-order valence-corrected chi connectivity index (χ0v) is 31.8. The Kier molecular flexibility index (Phi) is 10.1. The number of ether oxygens (including phenoxy) is 1. The van der Waals surface area contributed by atoms with Crippen LogP contribution in [0.1, 0.15) is 96.6 Å². The average Bonchev–Trinajstić information content (AvgIpc) is 3.40. The number of carbonyl (C=O) groups is 2. The molecule has 0 radical (unpaired) electrons. The third-order valence-electron chi connectivity index (χ3n) is 9.67. The molecule has 2 N–H and O–H groups in total. The van der Waals surface area contributed by atoms with Crippen LogP contribution in [0.5, 0.6) is 0 Å². The maximum atomic E-state index is 15.0. The molecule has 6 rings (SSSR count). The Balaban J connectivity index is 1.40. The normalized spacial score (nSPS) is 19.2. The van der Waals surface area contributed by atoms with Crippen molar-refractivity contribution in [2.75, 3.05) is 6.61 Å². The van der Waals surface area contributed by atoms with Crippen molar-refractivity contribution in [2.24, 2.45) is 21.6 Å². The zero-order chi connectivity index (χ0) is 40.3. The lowest BCUT2D eigenvalue weighted by Gasteiger charge is -2.35. The van der Waals surface area contributed by atoms with Crippen LogP contribution in [0.2, 0.25) is 5.02 Å². The van der Waals surface area contributed by atoms with Crippen molar-refractivity contribution >= 4 is 29.4 Å². The monoisotopic (exact) mass is 789 g/mol. The van der Waals surface area contributed by atoms with Gasteiger partial charge in [-0.3, -0.25) is 14.5 Å². The molecule has 2 aromatic heterocycles. The van der Waals surface area contributed by atoms with E-state index in [1.54, 1.807) is 35.3 Å². The Hall–Kier alpha value is -4.93. The quantitative estimate of drug-likeness (QED) is 0.120. The number of carbonyl (C=O) groups excluding carboxylic acids is 2. The van der Waals surface area contributed by atoms with Crippen LogP contribution in [0.25, 0.3) is 16.9 Å². The number of nitrogens with two attached hydrogens (primary N) is 1. The van der Waals surface area contributed by atoms with E-state index in [0.29, 0.717) is 11.3 Å². The van der Waals surface area contributed by atoms with E-state index in [4.69, 9.17) is 27.1 Å². The molecule has 1 fully saturated rings. The van der Waals surface area contributed by atoms with Crippen molar-refractivity contribution in [3.63, 3.8) is 0 Å². The molecule has 1 aliphatic carbocycles. The first-order valence-electron chi connectivity index (χ1n) is 17.5. The number of hydrogen-bond acceptors (Lipinski definition) is 9. The lowest BCUT2D eigenvalue weighted by molar-refractivity contribution is -0.195. The van der Waals surface area contributed by atoms with E-state index < -0.39 is 65.7 Å². The van der Waals surface area contributed by atoms with Gasteiger partial charge in [-0.1, -0.05) is 62.7 Å². The third-order valence-corrected chi connectivity index (χ3v) is 9.98. The molecule has 0 saturated heterocycles. The molecule has 0 bridgehead atoms. The second-order valence-corrected chi connectivity index (χ2v) is 16.6. The predicted octanol–water partition coefficient (Wildman–Crippen LogP) is 7.68. The standard InChI is InChI=1S/C37H41ClF5N9O3/c1-33(2,3)19-36(23-10-7-21(8-11-23)25-17-46-52(49-25)34(4,5)6)31(54)50(32(44)48-36)27(18-55-28(53)16-35(13-14-35)37(41,42)43)22-9-12-24(38)26(15-22)51-30(29(39)40)45-20-47-51/h7-12,15,17,20,27,29H,13-14,16,18-19H2,1-6H3,(H2,44,48)/t27-,36-/m1/s1. The van der Waals surface area contributed by atoms with E-state index in [1.165, 1.54) is 18.2 Å². The first-order valence-corrected chi connectivity index (χ1v) is 17.9. The summed E-state index contributed by atoms with van der Waals surface area (Å²) in [5.41, 5.74) is 3.94. The highest BCUT2D eigenvalue weighted by Crippen LogP contribution is 2.60. The van der Waals surface area contributed by atoms with Crippen LogP contribution < -0.4 is 5.73 Å². The molecule has 2 aliphatic rings. The van der Waals surface area contributed by atoms with Gasteiger partial charge in [0.15, 0.2) is 17.3 Å². The van der Waals surface area contributed by atoms with E-state index >= 15 is 4.79 Å². The molecule has 3 heterocycles. The summed E-state index contributed by atoms with van der Waals surface area (Å²) in [7, 11) is 0. The molecule has 1 aliphatic heterocycles. The number of halogens is 6. The van der Waals surface area contributed by atoms with Gasteiger partial charge < -0.3 is 10.5 Å². The maximum absolute atomic E-state index is 15.0. The summed E-state index contributed by atoms with van der Waals surface area (Å²) in [6.45, 7) is 11.0. The molecule has 12 nitrogen and oxygen atoms in total. The van der Waals surface area contributed by atoms with E-state index in [2.05, 4.69) is 20.3 Å². The molecule has 0 spiro atoms. The average molecular weight is 790 g/mol. The van der Waals surface area contributed by atoms with Gasteiger partial charge in [0.1, 0.15) is 18.6 Å². The van der Waals surface area contributed by atoms with Gasteiger partial charge in [0.2, 0.25) is 0 Å². The van der Waals surface area contributed by atoms with Gasteiger partial charge >= 0.3 is 12.1 Å². The smallest absolute Gasteiger partial charge is 0.395 e. The van der Waals surface area contributed by atoms with E-state index in [0.717, 1.165) is 21.5 Å². The number of amides is 1. The Bertz CT molecular complexity index is 2110. The van der Waals surface area contributed by atoms with Crippen LogP contribution in [0.4, 0.5) is 22.0 Å². The van der Waals surface area contributed by atoms with Crippen LogP contribution >= 0.6 is 11.6 Å². The fraction of sp³-hybridized carbons (Fsp3) is 0.486. The van der Waals surface area contributed by atoms with Crippen LogP contribution in [-0.4, -0.2) is 65.3 Å². The lowest BCUT2D eigenvalue weighted by atomic mass is 9.75. The molecule has 2 atom stereocenters. The molecule has 2 aromatic carbocycles. The summed E-state index contributed by atoms with van der Waals surface area (Å²) in [5.74, 6) is -2.71. The second kappa shape index (κ2) is 14.0. The molecule has 0 unspecified atom stereocenters. The lowest BCUT2D eigenvalue weighted by Crippen LogP contribution is -2.47. The van der Waals surface area contributed by atoms with E-state index in [1.807, 2.05) is 41.5 Å². The summed E-state index contributed by atoms with van der Waals surface area (Å²) < 4.78 is 75.3. The predicted molar refractivity (Wildman–Crippen MR) is 192 cm³/mol. The number of hydrogen-bond donors (Lipinski definition) is 1. The Morgan fingerprint density at radius 1 is 1.02 bits per heavy atom. The van der Waals surface area contributed by atoms with Crippen molar-refractivity contribution in [2.45, 2.75) is 96.9 Å². The third kappa shape index (κ3) is 7.80. The topological polar surface area (TPSA) is 146 Å². The number of nitrogens with zero attached hydrogens (tertiary/aromatic N) is 8. The maximum Gasteiger partial charge on any atom is 0.395 e. The van der Waals surface area contributed by atoms with Crippen LogP contribution in [-0.2, 0) is 25.4 Å².